The number of carbonyl (C=O) groups excluding carboxylic acids is 1. The standard InChI is InChI=1S/C24H34F3N3O4/c1-15(2)23(6-4-17(12-23)28-19-5-9-34-14-20(19)33-3)22(32)29-7-8-30-18(13-29)10-16(11-21(30)31)24(25,26)27/h10-11,15,17,19-20,28H,4-9,12-14H2,1-3H3/t17-,19-,20+,23+/m1/s1. The molecule has 1 saturated carbocycles. The second-order valence-corrected chi connectivity index (χ2v) is 10.1. The summed E-state index contributed by atoms with van der Waals surface area (Å²) in [5.41, 5.74) is -2.00. The van der Waals surface area contributed by atoms with Gasteiger partial charge in [0.2, 0.25) is 5.91 Å². The number of methoxy groups -OCH3 is 1. The molecule has 3 aliphatic rings. The molecule has 4 atom stereocenters. The summed E-state index contributed by atoms with van der Waals surface area (Å²) in [6, 6.07) is 1.95. The lowest BCUT2D eigenvalue weighted by Crippen LogP contribution is -2.52. The molecule has 1 N–H and O–H groups in total. The Hall–Kier alpha value is -1.91. The summed E-state index contributed by atoms with van der Waals surface area (Å²) in [5, 5.41) is 3.69. The molecule has 2 aliphatic heterocycles. The number of nitrogens with zero attached hydrogens (tertiary/aromatic N) is 2. The Bertz CT molecular complexity index is 964. The van der Waals surface area contributed by atoms with E-state index < -0.39 is 22.7 Å². The number of hydrogen-bond donors (Lipinski definition) is 1. The number of alkyl halides is 3. The van der Waals surface area contributed by atoms with Crippen molar-refractivity contribution in [1.82, 2.24) is 14.8 Å². The number of aromatic nitrogens is 1. The average Bonchev–Trinajstić information content (AvgIpc) is 3.23. The maximum atomic E-state index is 13.8. The number of amides is 1. The van der Waals surface area contributed by atoms with E-state index in [0.717, 1.165) is 18.9 Å². The van der Waals surface area contributed by atoms with Crippen molar-refractivity contribution in [3.63, 3.8) is 0 Å². The van der Waals surface area contributed by atoms with Crippen molar-refractivity contribution in [3.05, 3.63) is 33.7 Å². The Morgan fingerprint density at radius 3 is 2.71 bits per heavy atom. The first kappa shape index (κ1) is 25.2. The molecule has 1 amide bonds. The molecular formula is C24H34F3N3O4. The van der Waals surface area contributed by atoms with Gasteiger partial charge in [-0.1, -0.05) is 13.8 Å². The predicted octanol–water partition coefficient (Wildman–Crippen LogP) is 2.80. The fourth-order valence-electron chi connectivity index (χ4n) is 5.80. The van der Waals surface area contributed by atoms with Gasteiger partial charge in [0.1, 0.15) is 0 Å². The van der Waals surface area contributed by atoms with Crippen LogP contribution in [0.1, 0.15) is 50.8 Å². The van der Waals surface area contributed by atoms with Gasteiger partial charge >= 0.3 is 6.18 Å². The van der Waals surface area contributed by atoms with Crippen LogP contribution in [-0.2, 0) is 33.5 Å². The summed E-state index contributed by atoms with van der Waals surface area (Å²) in [7, 11) is 1.67. The smallest absolute Gasteiger partial charge is 0.379 e. The van der Waals surface area contributed by atoms with Crippen LogP contribution in [0.15, 0.2) is 16.9 Å². The number of hydrogen-bond acceptors (Lipinski definition) is 5. The van der Waals surface area contributed by atoms with Crippen LogP contribution in [0.3, 0.4) is 0 Å². The third-order valence-electron chi connectivity index (χ3n) is 7.91. The Balaban J connectivity index is 1.51. The minimum Gasteiger partial charge on any atom is -0.379 e. The predicted molar refractivity (Wildman–Crippen MR) is 119 cm³/mol. The SMILES string of the molecule is CO[C@H]1COCC[C@H]1N[C@@H]1CC[C@@](C(=O)N2CCn3c(cc(C(F)(F)F)cc3=O)C2)(C(C)C)C1. The Morgan fingerprint density at radius 1 is 1.26 bits per heavy atom. The van der Waals surface area contributed by atoms with Crippen LogP contribution < -0.4 is 10.9 Å². The van der Waals surface area contributed by atoms with Crippen molar-refractivity contribution < 1.29 is 27.4 Å². The van der Waals surface area contributed by atoms with Gasteiger partial charge in [-0.05, 0) is 37.7 Å². The zero-order chi connectivity index (χ0) is 24.7. The number of halogens is 3. The maximum Gasteiger partial charge on any atom is 0.416 e. The zero-order valence-electron chi connectivity index (χ0n) is 20.0. The summed E-state index contributed by atoms with van der Waals surface area (Å²) in [6.07, 6.45) is -1.55. The Morgan fingerprint density at radius 2 is 2.03 bits per heavy atom. The van der Waals surface area contributed by atoms with Crippen LogP contribution in [0.4, 0.5) is 13.2 Å². The number of rotatable bonds is 5. The topological polar surface area (TPSA) is 72.8 Å². The van der Waals surface area contributed by atoms with Crippen LogP contribution in [0.2, 0.25) is 0 Å². The third-order valence-corrected chi connectivity index (χ3v) is 7.91. The van der Waals surface area contributed by atoms with E-state index in [1.807, 2.05) is 13.8 Å². The average molecular weight is 486 g/mol. The summed E-state index contributed by atoms with van der Waals surface area (Å²) in [4.78, 5) is 27.7. The van der Waals surface area contributed by atoms with Crippen LogP contribution in [0, 0.1) is 11.3 Å². The molecule has 2 fully saturated rings. The minimum absolute atomic E-state index is 0.0102. The number of carbonyl (C=O) groups is 1. The van der Waals surface area contributed by atoms with Crippen molar-refractivity contribution in [3.8, 4) is 0 Å². The van der Waals surface area contributed by atoms with Crippen molar-refractivity contribution >= 4 is 5.91 Å². The molecule has 1 aromatic rings. The fraction of sp³-hybridized carbons (Fsp3) is 0.750. The van der Waals surface area contributed by atoms with E-state index in [0.29, 0.717) is 38.7 Å². The lowest BCUT2D eigenvalue weighted by atomic mass is 9.74. The van der Waals surface area contributed by atoms with E-state index in [9.17, 15) is 22.8 Å². The number of nitrogens with one attached hydrogen (secondary N) is 1. The highest BCUT2D eigenvalue weighted by atomic mass is 19.4. The highest BCUT2D eigenvalue weighted by Crippen LogP contribution is 2.46. The first-order chi connectivity index (χ1) is 16.0. The highest BCUT2D eigenvalue weighted by molar-refractivity contribution is 5.83. The number of fused-ring (bicyclic) bond motifs is 1. The van der Waals surface area contributed by atoms with Gasteiger partial charge in [-0.3, -0.25) is 9.59 Å². The number of ether oxygens (including phenoxy) is 2. The normalized spacial score (nSPS) is 30.0. The molecule has 1 aromatic heterocycles. The molecule has 7 nitrogen and oxygen atoms in total. The quantitative estimate of drug-likeness (QED) is 0.695. The van der Waals surface area contributed by atoms with Crippen molar-refractivity contribution in [2.24, 2.45) is 11.3 Å². The van der Waals surface area contributed by atoms with Crippen LogP contribution in [-0.4, -0.2) is 60.4 Å². The van der Waals surface area contributed by atoms with E-state index in [-0.39, 0.29) is 48.8 Å². The summed E-state index contributed by atoms with van der Waals surface area (Å²) >= 11 is 0. The largest absolute Gasteiger partial charge is 0.416 e. The molecular weight excluding hydrogens is 451 g/mol. The van der Waals surface area contributed by atoms with E-state index in [2.05, 4.69) is 5.32 Å². The maximum absolute atomic E-state index is 13.8. The Kier molecular flexibility index (Phi) is 7.13. The van der Waals surface area contributed by atoms with Crippen LogP contribution >= 0.6 is 0 Å². The third kappa shape index (κ3) is 4.77. The second-order valence-electron chi connectivity index (χ2n) is 10.1. The van der Waals surface area contributed by atoms with E-state index >= 15 is 0 Å². The molecule has 3 heterocycles. The summed E-state index contributed by atoms with van der Waals surface area (Å²) < 4.78 is 52.1. The molecule has 4 rings (SSSR count). The first-order valence-electron chi connectivity index (χ1n) is 12.0. The van der Waals surface area contributed by atoms with Gasteiger partial charge in [-0.2, -0.15) is 13.2 Å². The lowest BCUT2D eigenvalue weighted by Gasteiger charge is -2.40. The monoisotopic (exact) mass is 485 g/mol. The minimum atomic E-state index is -4.60. The summed E-state index contributed by atoms with van der Waals surface area (Å²) in [5.74, 6) is 0.0449. The van der Waals surface area contributed by atoms with Crippen molar-refractivity contribution in [1.29, 1.82) is 0 Å². The second kappa shape index (κ2) is 9.62. The number of pyridine rings is 1. The van der Waals surface area contributed by atoms with Gasteiger partial charge in [0.05, 0.1) is 30.2 Å². The van der Waals surface area contributed by atoms with Crippen LogP contribution in [0.25, 0.3) is 0 Å². The molecule has 1 saturated heterocycles. The van der Waals surface area contributed by atoms with Gasteiger partial charge in [0, 0.05) is 50.7 Å². The molecule has 0 bridgehead atoms. The van der Waals surface area contributed by atoms with Gasteiger partial charge in [-0.15, -0.1) is 0 Å². The van der Waals surface area contributed by atoms with Gasteiger partial charge in [-0.25, -0.2) is 0 Å². The van der Waals surface area contributed by atoms with Crippen molar-refractivity contribution in [2.45, 2.75) is 77.0 Å². The van der Waals surface area contributed by atoms with Crippen molar-refractivity contribution in [2.75, 3.05) is 26.9 Å². The van der Waals surface area contributed by atoms with Gasteiger partial charge < -0.3 is 24.3 Å². The molecule has 190 valence electrons. The highest BCUT2D eigenvalue weighted by Gasteiger charge is 2.50. The van der Waals surface area contributed by atoms with E-state index in [1.165, 1.54) is 4.57 Å². The van der Waals surface area contributed by atoms with E-state index in [1.54, 1.807) is 12.0 Å². The fourth-order valence-corrected chi connectivity index (χ4v) is 5.80. The molecule has 0 radical (unpaired) electrons. The zero-order valence-corrected chi connectivity index (χ0v) is 20.0. The Labute approximate surface area is 197 Å². The summed E-state index contributed by atoms with van der Waals surface area (Å²) in [6.45, 7) is 5.82. The van der Waals surface area contributed by atoms with E-state index in [4.69, 9.17) is 9.47 Å². The van der Waals surface area contributed by atoms with Gasteiger partial charge in [0.15, 0.2) is 0 Å². The first-order valence-corrected chi connectivity index (χ1v) is 12.0. The molecule has 0 unspecified atom stereocenters. The molecule has 0 aromatic carbocycles. The lowest BCUT2D eigenvalue weighted by molar-refractivity contribution is -0.146. The molecule has 10 heteroatoms. The molecule has 1 aliphatic carbocycles. The molecule has 0 spiro atoms. The molecule has 34 heavy (non-hydrogen) atoms. The van der Waals surface area contributed by atoms with Crippen LogP contribution in [0.5, 0.6) is 0 Å². The van der Waals surface area contributed by atoms with Gasteiger partial charge in [0.25, 0.3) is 5.56 Å².